The van der Waals surface area contributed by atoms with Crippen LogP contribution in [-0.4, -0.2) is 14.3 Å². The molecule has 0 aromatic heterocycles. The molecule has 6 nitrogen and oxygen atoms in total. The van der Waals surface area contributed by atoms with Gasteiger partial charge in [-0.05, 0) is 73.0 Å². The van der Waals surface area contributed by atoms with Gasteiger partial charge in [-0.2, -0.15) is 0 Å². The van der Waals surface area contributed by atoms with Crippen molar-refractivity contribution < 1.29 is 17.9 Å². The number of hydrogen-bond donors (Lipinski definition) is 2. The fourth-order valence-corrected chi connectivity index (χ4v) is 4.50. The summed E-state index contributed by atoms with van der Waals surface area (Å²) >= 11 is 12.2. The number of para-hydroxylation sites is 1. The summed E-state index contributed by atoms with van der Waals surface area (Å²) in [6.45, 7) is 0.179. The second kappa shape index (κ2) is 9.40. The third-order valence-electron chi connectivity index (χ3n) is 4.91. The zero-order chi connectivity index (χ0) is 22.7. The van der Waals surface area contributed by atoms with Crippen molar-refractivity contribution in [3.05, 3.63) is 82.3 Å². The second-order valence-corrected chi connectivity index (χ2v) is 9.93. The summed E-state index contributed by atoms with van der Waals surface area (Å²) < 4.78 is 34.1. The minimum absolute atomic E-state index is 0.0344. The highest BCUT2D eigenvalue weighted by Gasteiger charge is 2.29. The van der Waals surface area contributed by atoms with E-state index in [9.17, 15) is 13.2 Å². The van der Waals surface area contributed by atoms with Crippen molar-refractivity contribution in [2.45, 2.75) is 24.3 Å². The quantitative estimate of drug-likeness (QED) is 0.429. The smallest absolute Gasteiger partial charge is 0.261 e. The Bertz CT molecular complexity index is 1240. The summed E-state index contributed by atoms with van der Waals surface area (Å²) in [6, 6.07) is 17.8. The van der Waals surface area contributed by atoms with Crippen molar-refractivity contribution in [2.24, 2.45) is 5.92 Å². The van der Waals surface area contributed by atoms with Gasteiger partial charge in [0, 0.05) is 17.5 Å². The normalized spacial score (nSPS) is 13.4. The second-order valence-electron chi connectivity index (χ2n) is 7.40. The van der Waals surface area contributed by atoms with Gasteiger partial charge >= 0.3 is 0 Å². The van der Waals surface area contributed by atoms with Gasteiger partial charge in [0.1, 0.15) is 11.5 Å². The summed E-state index contributed by atoms with van der Waals surface area (Å²) in [7, 11) is -3.88. The van der Waals surface area contributed by atoms with Gasteiger partial charge in [-0.1, -0.05) is 35.3 Å². The lowest BCUT2D eigenvalue weighted by Gasteiger charge is -2.14. The lowest BCUT2D eigenvalue weighted by Crippen LogP contribution is -2.25. The van der Waals surface area contributed by atoms with E-state index < -0.39 is 10.0 Å². The van der Waals surface area contributed by atoms with Crippen molar-refractivity contribution in [3.8, 4) is 11.5 Å². The molecular formula is C23H20Cl2N2O4S. The third kappa shape index (κ3) is 5.54. The van der Waals surface area contributed by atoms with E-state index in [0.717, 1.165) is 12.8 Å². The zero-order valence-electron chi connectivity index (χ0n) is 16.8. The van der Waals surface area contributed by atoms with Gasteiger partial charge < -0.3 is 10.1 Å². The van der Waals surface area contributed by atoms with Crippen LogP contribution in [0.15, 0.2) is 71.6 Å². The highest BCUT2D eigenvalue weighted by atomic mass is 35.5. The predicted molar refractivity (Wildman–Crippen MR) is 125 cm³/mol. The third-order valence-corrected chi connectivity index (χ3v) is 6.84. The average Bonchev–Trinajstić information content (AvgIpc) is 3.61. The van der Waals surface area contributed by atoms with Gasteiger partial charge in [-0.15, -0.1) is 0 Å². The SMILES string of the molecule is O=C(NCc1cc(Cl)ccc1NS(=O)(=O)c1ccc(Oc2ccccc2Cl)cc1)C1CC1. The van der Waals surface area contributed by atoms with E-state index in [-0.39, 0.29) is 23.3 Å². The van der Waals surface area contributed by atoms with Gasteiger partial charge in [0.15, 0.2) is 0 Å². The van der Waals surface area contributed by atoms with Crippen LogP contribution in [0, 0.1) is 5.92 Å². The highest BCUT2D eigenvalue weighted by molar-refractivity contribution is 7.92. The van der Waals surface area contributed by atoms with Crippen LogP contribution in [0.2, 0.25) is 10.0 Å². The molecule has 166 valence electrons. The largest absolute Gasteiger partial charge is 0.456 e. The molecule has 0 saturated heterocycles. The fourth-order valence-electron chi connectivity index (χ4n) is 3.03. The Morgan fingerprint density at radius 3 is 2.41 bits per heavy atom. The number of rotatable bonds is 8. The molecule has 0 atom stereocenters. The first-order valence-electron chi connectivity index (χ1n) is 9.93. The first-order chi connectivity index (χ1) is 15.3. The summed E-state index contributed by atoms with van der Waals surface area (Å²) in [5.74, 6) is 0.947. The molecule has 1 aliphatic rings. The Balaban J connectivity index is 1.49. The van der Waals surface area contributed by atoms with Gasteiger partial charge in [-0.3, -0.25) is 9.52 Å². The Kier molecular flexibility index (Phi) is 6.60. The van der Waals surface area contributed by atoms with Crippen LogP contribution in [-0.2, 0) is 21.4 Å². The number of hydrogen-bond acceptors (Lipinski definition) is 4. The molecule has 1 aliphatic carbocycles. The minimum Gasteiger partial charge on any atom is -0.456 e. The van der Waals surface area contributed by atoms with E-state index in [2.05, 4.69) is 10.0 Å². The number of sulfonamides is 1. The number of amides is 1. The van der Waals surface area contributed by atoms with E-state index >= 15 is 0 Å². The molecule has 32 heavy (non-hydrogen) atoms. The Labute approximate surface area is 196 Å². The maximum atomic E-state index is 12.9. The molecule has 2 N–H and O–H groups in total. The number of ether oxygens (including phenoxy) is 1. The summed E-state index contributed by atoms with van der Waals surface area (Å²) in [4.78, 5) is 12.0. The Hall–Kier alpha value is -2.74. The van der Waals surface area contributed by atoms with Crippen molar-refractivity contribution in [2.75, 3.05) is 4.72 Å². The molecule has 1 amide bonds. The van der Waals surface area contributed by atoms with Gasteiger partial charge in [-0.25, -0.2) is 8.42 Å². The number of carbonyl (C=O) groups is 1. The van der Waals surface area contributed by atoms with Crippen molar-refractivity contribution in [1.82, 2.24) is 5.32 Å². The lowest BCUT2D eigenvalue weighted by atomic mass is 10.2. The molecular weight excluding hydrogens is 471 g/mol. The highest BCUT2D eigenvalue weighted by Crippen LogP contribution is 2.31. The molecule has 9 heteroatoms. The van der Waals surface area contributed by atoms with Gasteiger partial charge in [0.25, 0.3) is 10.0 Å². The number of halogens is 2. The van der Waals surface area contributed by atoms with Crippen LogP contribution >= 0.6 is 23.2 Å². The molecule has 0 spiro atoms. The molecule has 1 fully saturated rings. The van der Waals surface area contributed by atoms with Crippen molar-refractivity contribution in [1.29, 1.82) is 0 Å². The van der Waals surface area contributed by atoms with Crippen LogP contribution in [0.4, 0.5) is 5.69 Å². The minimum atomic E-state index is -3.88. The molecule has 3 aromatic rings. The standard InChI is InChI=1S/C23H20Cl2N2O4S/c24-17-7-12-21(16(13-17)14-26-23(28)15-5-6-15)27-32(29,30)19-10-8-18(9-11-19)31-22-4-2-1-3-20(22)25/h1-4,7-13,15,27H,5-6,14H2,(H,26,28). The number of nitrogens with one attached hydrogen (secondary N) is 2. The molecule has 3 aromatic carbocycles. The summed E-state index contributed by atoms with van der Waals surface area (Å²) in [5, 5.41) is 3.73. The molecule has 0 radical (unpaired) electrons. The number of anilines is 1. The van der Waals surface area contributed by atoms with Crippen LogP contribution in [0.5, 0.6) is 11.5 Å². The van der Waals surface area contributed by atoms with Crippen LogP contribution in [0.3, 0.4) is 0 Å². The number of carbonyl (C=O) groups excluding carboxylic acids is 1. The van der Waals surface area contributed by atoms with Crippen molar-refractivity contribution >= 4 is 44.8 Å². The van der Waals surface area contributed by atoms with Crippen LogP contribution in [0.25, 0.3) is 0 Å². The maximum absolute atomic E-state index is 12.9. The zero-order valence-corrected chi connectivity index (χ0v) is 19.2. The summed E-state index contributed by atoms with van der Waals surface area (Å²) in [6.07, 6.45) is 1.77. The Morgan fingerprint density at radius 2 is 1.72 bits per heavy atom. The molecule has 0 aliphatic heterocycles. The Morgan fingerprint density at radius 1 is 1.00 bits per heavy atom. The monoisotopic (exact) mass is 490 g/mol. The molecule has 0 heterocycles. The lowest BCUT2D eigenvalue weighted by molar-refractivity contribution is -0.122. The van der Waals surface area contributed by atoms with Gasteiger partial charge in [0.2, 0.25) is 5.91 Å². The summed E-state index contributed by atoms with van der Waals surface area (Å²) in [5.41, 5.74) is 0.927. The van der Waals surface area contributed by atoms with Crippen LogP contribution < -0.4 is 14.8 Å². The van der Waals surface area contributed by atoms with E-state index in [1.54, 1.807) is 54.6 Å². The molecule has 4 rings (SSSR count). The first-order valence-corrected chi connectivity index (χ1v) is 12.2. The van der Waals surface area contributed by atoms with E-state index in [1.165, 1.54) is 12.1 Å². The fraction of sp³-hybridized carbons (Fsp3) is 0.174. The van der Waals surface area contributed by atoms with E-state index in [1.807, 2.05) is 0 Å². The predicted octanol–water partition coefficient (Wildman–Crippen LogP) is 5.61. The first kappa shape index (κ1) is 22.5. The number of benzene rings is 3. The van der Waals surface area contributed by atoms with E-state index in [0.29, 0.717) is 32.8 Å². The van der Waals surface area contributed by atoms with Crippen LogP contribution in [0.1, 0.15) is 18.4 Å². The van der Waals surface area contributed by atoms with Gasteiger partial charge in [0.05, 0.1) is 15.6 Å². The van der Waals surface area contributed by atoms with E-state index in [4.69, 9.17) is 27.9 Å². The molecule has 0 bridgehead atoms. The topological polar surface area (TPSA) is 84.5 Å². The molecule has 0 unspecified atom stereocenters. The molecule has 1 saturated carbocycles. The van der Waals surface area contributed by atoms with Crippen molar-refractivity contribution in [3.63, 3.8) is 0 Å². The average molecular weight is 491 g/mol. The maximum Gasteiger partial charge on any atom is 0.261 e.